The van der Waals surface area contributed by atoms with E-state index in [1.165, 1.54) is 6.07 Å². The van der Waals surface area contributed by atoms with Crippen molar-refractivity contribution in [2.75, 3.05) is 0 Å². The fourth-order valence-corrected chi connectivity index (χ4v) is 1.48. The van der Waals surface area contributed by atoms with E-state index in [0.717, 1.165) is 0 Å². The molecule has 0 atom stereocenters. The fourth-order valence-electron chi connectivity index (χ4n) is 1.32. The van der Waals surface area contributed by atoms with Crippen molar-refractivity contribution in [2.24, 2.45) is 0 Å². The third kappa shape index (κ3) is 1.52. The number of halogens is 1. The molecule has 0 aliphatic heterocycles. The van der Waals surface area contributed by atoms with Gasteiger partial charge in [-0.3, -0.25) is 4.98 Å². The van der Waals surface area contributed by atoms with Crippen LogP contribution in [0.3, 0.4) is 0 Å². The number of aromatic nitrogens is 1. The van der Waals surface area contributed by atoms with Gasteiger partial charge in [0.15, 0.2) is 0 Å². The second kappa shape index (κ2) is 3.44. The standard InChI is InChI=1S/C10H8ClNO2/c11-6-1-2-8-9(3-6)12-7(5-13)4-10(8)14/h1-4,13H,5H2,(H,12,14). The summed E-state index contributed by atoms with van der Waals surface area (Å²) in [6.45, 7) is -0.198. The summed E-state index contributed by atoms with van der Waals surface area (Å²) in [5.41, 5.74) is 1.01. The van der Waals surface area contributed by atoms with Crippen LogP contribution in [0.15, 0.2) is 24.3 Å². The van der Waals surface area contributed by atoms with Gasteiger partial charge in [0, 0.05) is 16.5 Å². The lowest BCUT2D eigenvalue weighted by atomic mass is 10.2. The number of pyridine rings is 1. The molecule has 1 aromatic heterocycles. The van der Waals surface area contributed by atoms with Crippen LogP contribution in [0, 0.1) is 0 Å². The molecule has 3 nitrogen and oxygen atoms in total. The number of aliphatic hydroxyl groups excluding tert-OH is 1. The molecule has 0 spiro atoms. The van der Waals surface area contributed by atoms with Gasteiger partial charge in [0.1, 0.15) is 5.75 Å². The maximum atomic E-state index is 9.58. The van der Waals surface area contributed by atoms with Crippen LogP contribution >= 0.6 is 11.6 Å². The average molecular weight is 210 g/mol. The summed E-state index contributed by atoms with van der Waals surface area (Å²) in [5.74, 6) is 0.107. The third-order valence-corrected chi connectivity index (χ3v) is 2.20. The highest BCUT2D eigenvalue weighted by Gasteiger charge is 2.04. The van der Waals surface area contributed by atoms with Gasteiger partial charge in [0.25, 0.3) is 0 Å². The topological polar surface area (TPSA) is 53.4 Å². The number of hydrogen-bond acceptors (Lipinski definition) is 3. The molecule has 0 fully saturated rings. The Morgan fingerprint density at radius 3 is 2.79 bits per heavy atom. The number of aromatic hydroxyl groups is 1. The smallest absolute Gasteiger partial charge is 0.126 e. The van der Waals surface area contributed by atoms with Crippen molar-refractivity contribution in [1.82, 2.24) is 4.98 Å². The molecule has 4 heteroatoms. The largest absolute Gasteiger partial charge is 0.507 e. The van der Waals surface area contributed by atoms with Crippen LogP contribution in [0.2, 0.25) is 5.02 Å². The first kappa shape index (κ1) is 9.24. The van der Waals surface area contributed by atoms with Crippen molar-refractivity contribution in [2.45, 2.75) is 6.61 Å². The molecule has 14 heavy (non-hydrogen) atoms. The van der Waals surface area contributed by atoms with Gasteiger partial charge in [-0.25, -0.2) is 0 Å². The molecule has 0 saturated heterocycles. The first-order valence-corrected chi connectivity index (χ1v) is 4.47. The second-order valence-electron chi connectivity index (χ2n) is 2.95. The molecule has 1 heterocycles. The molecule has 0 aliphatic carbocycles. The van der Waals surface area contributed by atoms with E-state index in [9.17, 15) is 5.11 Å². The third-order valence-electron chi connectivity index (χ3n) is 1.97. The predicted octanol–water partition coefficient (Wildman–Crippen LogP) is 2.09. The summed E-state index contributed by atoms with van der Waals surface area (Å²) < 4.78 is 0. The summed E-state index contributed by atoms with van der Waals surface area (Å²) in [4.78, 5) is 4.12. The van der Waals surface area contributed by atoms with E-state index in [1.54, 1.807) is 18.2 Å². The van der Waals surface area contributed by atoms with E-state index >= 15 is 0 Å². The maximum Gasteiger partial charge on any atom is 0.126 e. The van der Waals surface area contributed by atoms with E-state index in [-0.39, 0.29) is 12.4 Å². The molecule has 1 aromatic carbocycles. The van der Waals surface area contributed by atoms with E-state index in [4.69, 9.17) is 16.7 Å². The number of rotatable bonds is 1. The van der Waals surface area contributed by atoms with E-state index < -0.39 is 0 Å². The lowest BCUT2D eigenvalue weighted by Gasteiger charge is -2.03. The number of aliphatic hydroxyl groups is 1. The summed E-state index contributed by atoms with van der Waals surface area (Å²) in [7, 11) is 0. The van der Waals surface area contributed by atoms with Gasteiger partial charge in [0.2, 0.25) is 0 Å². The minimum Gasteiger partial charge on any atom is -0.507 e. The van der Waals surface area contributed by atoms with Crippen molar-refractivity contribution >= 4 is 22.5 Å². The van der Waals surface area contributed by atoms with Crippen LogP contribution < -0.4 is 0 Å². The van der Waals surface area contributed by atoms with E-state index in [2.05, 4.69) is 4.98 Å². The van der Waals surface area contributed by atoms with Crippen LogP contribution in [0.4, 0.5) is 0 Å². The Labute approximate surface area is 85.6 Å². The van der Waals surface area contributed by atoms with Crippen molar-refractivity contribution in [3.63, 3.8) is 0 Å². The number of nitrogens with zero attached hydrogens (tertiary/aromatic N) is 1. The summed E-state index contributed by atoms with van der Waals surface area (Å²) in [6.07, 6.45) is 0. The Morgan fingerprint density at radius 2 is 2.07 bits per heavy atom. The predicted molar refractivity (Wildman–Crippen MR) is 54.3 cm³/mol. The molecule has 0 radical (unpaired) electrons. The zero-order valence-corrected chi connectivity index (χ0v) is 7.99. The van der Waals surface area contributed by atoms with Crippen molar-refractivity contribution in [1.29, 1.82) is 0 Å². The van der Waals surface area contributed by atoms with Gasteiger partial charge in [-0.2, -0.15) is 0 Å². The molecule has 2 aromatic rings. The number of benzene rings is 1. The van der Waals surface area contributed by atoms with Gasteiger partial charge < -0.3 is 10.2 Å². The van der Waals surface area contributed by atoms with Crippen LogP contribution in [0.1, 0.15) is 5.69 Å². The van der Waals surface area contributed by atoms with Crippen LogP contribution in [-0.2, 0) is 6.61 Å². The molecule has 72 valence electrons. The first-order valence-electron chi connectivity index (χ1n) is 4.09. The monoisotopic (exact) mass is 209 g/mol. The van der Waals surface area contributed by atoms with Crippen molar-refractivity contribution < 1.29 is 10.2 Å². The van der Waals surface area contributed by atoms with Crippen molar-refractivity contribution in [3.05, 3.63) is 35.0 Å². The van der Waals surface area contributed by atoms with Gasteiger partial charge in [-0.1, -0.05) is 11.6 Å². The lowest BCUT2D eigenvalue weighted by molar-refractivity contribution is 0.276. The highest BCUT2D eigenvalue weighted by atomic mass is 35.5. The molecular weight excluding hydrogens is 202 g/mol. The fraction of sp³-hybridized carbons (Fsp3) is 0.100. The zero-order valence-electron chi connectivity index (χ0n) is 7.24. The Morgan fingerprint density at radius 1 is 1.29 bits per heavy atom. The molecular formula is C10H8ClNO2. The highest BCUT2D eigenvalue weighted by Crippen LogP contribution is 2.26. The summed E-state index contributed by atoms with van der Waals surface area (Å²) in [6, 6.07) is 6.47. The summed E-state index contributed by atoms with van der Waals surface area (Å²) in [5, 5.41) is 19.7. The van der Waals surface area contributed by atoms with Gasteiger partial charge in [0.05, 0.1) is 17.8 Å². The molecule has 2 rings (SSSR count). The maximum absolute atomic E-state index is 9.58. The Bertz CT molecular complexity index is 485. The first-order chi connectivity index (χ1) is 6.70. The molecule has 0 amide bonds. The number of hydrogen-bond donors (Lipinski definition) is 2. The molecule has 0 unspecified atom stereocenters. The Balaban J connectivity index is 2.77. The minimum atomic E-state index is -0.198. The van der Waals surface area contributed by atoms with Crippen molar-refractivity contribution in [3.8, 4) is 5.75 Å². The SMILES string of the molecule is OCc1cc(O)c2ccc(Cl)cc2n1. The quantitative estimate of drug-likeness (QED) is 0.756. The Kier molecular flexibility index (Phi) is 2.27. The van der Waals surface area contributed by atoms with Crippen LogP contribution in [0.25, 0.3) is 10.9 Å². The molecule has 0 bridgehead atoms. The van der Waals surface area contributed by atoms with Gasteiger partial charge in [-0.05, 0) is 18.2 Å². The Hall–Kier alpha value is -1.32. The van der Waals surface area contributed by atoms with Gasteiger partial charge in [-0.15, -0.1) is 0 Å². The van der Waals surface area contributed by atoms with E-state index in [0.29, 0.717) is 21.6 Å². The number of fused-ring (bicyclic) bond motifs is 1. The van der Waals surface area contributed by atoms with Crippen LogP contribution in [-0.4, -0.2) is 15.2 Å². The zero-order chi connectivity index (χ0) is 10.1. The minimum absolute atomic E-state index is 0.107. The highest BCUT2D eigenvalue weighted by molar-refractivity contribution is 6.31. The molecule has 0 aliphatic rings. The lowest BCUT2D eigenvalue weighted by Crippen LogP contribution is -1.89. The normalized spacial score (nSPS) is 10.7. The average Bonchev–Trinajstić information content (AvgIpc) is 2.16. The molecule has 2 N–H and O–H groups in total. The van der Waals surface area contributed by atoms with E-state index in [1.807, 2.05) is 0 Å². The van der Waals surface area contributed by atoms with Crippen LogP contribution in [0.5, 0.6) is 5.75 Å². The second-order valence-corrected chi connectivity index (χ2v) is 3.39. The van der Waals surface area contributed by atoms with Gasteiger partial charge >= 0.3 is 0 Å². The summed E-state index contributed by atoms with van der Waals surface area (Å²) >= 11 is 5.78. The molecule has 0 saturated carbocycles.